The maximum atomic E-state index is 2.12. The summed E-state index contributed by atoms with van der Waals surface area (Å²) in [7, 11) is 0. The second kappa shape index (κ2) is 5.27. The van der Waals surface area contributed by atoms with Gasteiger partial charge >= 0.3 is 0 Å². The SMILES string of the molecule is Cc1ccc(C)cc1.Cl.N. The van der Waals surface area contributed by atoms with Crippen molar-refractivity contribution in [2.45, 2.75) is 13.8 Å². The summed E-state index contributed by atoms with van der Waals surface area (Å²) in [5.74, 6) is 0. The molecule has 0 amide bonds. The minimum Gasteiger partial charge on any atom is -0.344 e. The van der Waals surface area contributed by atoms with E-state index < -0.39 is 0 Å². The Bertz CT molecular complexity index is 148. The third-order valence-electron chi connectivity index (χ3n) is 1.22. The highest BCUT2D eigenvalue weighted by molar-refractivity contribution is 5.85. The molecular formula is C8H14ClN. The van der Waals surface area contributed by atoms with E-state index in [1.54, 1.807) is 0 Å². The average Bonchev–Trinajstić information content (AvgIpc) is 1.77. The Balaban J connectivity index is 0. The van der Waals surface area contributed by atoms with Gasteiger partial charge in [-0.15, -0.1) is 12.4 Å². The van der Waals surface area contributed by atoms with Crippen LogP contribution in [-0.2, 0) is 0 Å². The monoisotopic (exact) mass is 159 g/mol. The van der Waals surface area contributed by atoms with Crippen LogP contribution in [0.25, 0.3) is 0 Å². The van der Waals surface area contributed by atoms with Gasteiger partial charge in [-0.2, -0.15) is 0 Å². The molecule has 0 saturated heterocycles. The Morgan fingerprint density at radius 3 is 1.20 bits per heavy atom. The number of aryl methyl sites for hydroxylation is 2. The highest BCUT2D eigenvalue weighted by Gasteiger charge is 1.79. The quantitative estimate of drug-likeness (QED) is 0.621. The second-order valence-corrected chi connectivity index (χ2v) is 2.15. The molecule has 0 aliphatic heterocycles. The molecule has 0 bridgehead atoms. The predicted molar refractivity (Wildman–Crippen MR) is 48.2 cm³/mol. The summed E-state index contributed by atoms with van der Waals surface area (Å²) < 4.78 is 0. The van der Waals surface area contributed by atoms with Gasteiger partial charge in [0.15, 0.2) is 0 Å². The van der Waals surface area contributed by atoms with Crippen molar-refractivity contribution in [3.05, 3.63) is 35.4 Å². The summed E-state index contributed by atoms with van der Waals surface area (Å²) in [6.45, 7) is 4.19. The predicted octanol–water partition coefficient (Wildman–Crippen LogP) is 2.89. The van der Waals surface area contributed by atoms with E-state index in [2.05, 4.69) is 38.1 Å². The first-order valence-electron chi connectivity index (χ1n) is 2.82. The van der Waals surface area contributed by atoms with Gasteiger partial charge in [-0.1, -0.05) is 35.4 Å². The number of rotatable bonds is 0. The van der Waals surface area contributed by atoms with Crippen molar-refractivity contribution < 1.29 is 0 Å². The van der Waals surface area contributed by atoms with Crippen LogP contribution in [-0.4, -0.2) is 0 Å². The summed E-state index contributed by atoms with van der Waals surface area (Å²) in [4.78, 5) is 0. The van der Waals surface area contributed by atoms with Gasteiger partial charge in [0, 0.05) is 0 Å². The fourth-order valence-corrected chi connectivity index (χ4v) is 0.637. The third-order valence-corrected chi connectivity index (χ3v) is 1.22. The normalized spacial score (nSPS) is 7.40. The molecule has 0 unspecified atom stereocenters. The highest BCUT2D eigenvalue weighted by Crippen LogP contribution is 1.99. The molecule has 0 atom stereocenters. The van der Waals surface area contributed by atoms with Crippen molar-refractivity contribution in [3.8, 4) is 0 Å². The van der Waals surface area contributed by atoms with Gasteiger partial charge in [0.25, 0.3) is 0 Å². The van der Waals surface area contributed by atoms with E-state index in [0.29, 0.717) is 0 Å². The van der Waals surface area contributed by atoms with Gasteiger partial charge < -0.3 is 6.15 Å². The molecule has 3 N–H and O–H groups in total. The van der Waals surface area contributed by atoms with Crippen LogP contribution in [0.3, 0.4) is 0 Å². The van der Waals surface area contributed by atoms with Crippen LogP contribution in [0, 0.1) is 13.8 Å². The first kappa shape index (κ1) is 12.2. The zero-order chi connectivity index (χ0) is 5.98. The third kappa shape index (κ3) is 3.49. The van der Waals surface area contributed by atoms with E-state index in [9.17, 15) is 0 Å². The van der Waals surface area contributed by atoms with Crippen LogP contribution in [0.2, 0.25) is 0 Å². The van der Waals surface area contributed by atoms with E-state index in [0.717, 1.165) is 0 Å². The van der Waals surface area contributed by atoms with Crippen molar-refractivity contribution in [2.24, 2.45) is 0 Å². The molecular weight excluding hydrogens is 146 g/mol. The molecule has 0 radical (unpaired) electrons. The van der Waals surface area contributed by atoms with E-state index in [-0.39, 0.29) is 18.6 Å². The molecule has 0 aromatic heterocycles. The molecule has 0 aliphatic carbocycles. The van der Waals surface area contributed by atoms with Gasteiger partial charge in [0.1, 0.15) is 0 Å². The number of hydrogen-bond donors (Lipinski definition) is 1. The van der Waals surface area contributed by atoms with Crippen molar-refractivity contribution >= 4 is 12.4 Å². The number of hydrogen-bond acceptors (Lipinski definition) is 1. The van der Waals surface area contributed by atoms with Gasteiger partial charge in [0.05, 0.1) is 0 Å². The van der Waals surface area contributed by atoms with Crippen LogP contribution in [0.1, 0.15) is 11.1 Å². The minimum absolute atomic E-state index is 0. The summed E-state index contributed by atoms with van der Waals surface area (Å²) in [5.41, 5.74) is 2.66. The van der Waals surface area contributed by atoms with Gasteiger partial charge in [0.2, 0.25) is 0 Å². The molecule has 58 valence electrons. The fraction of sp³-hybridized carbons (Fsp3) is 0.250. The number of benzene rings is 1. The summed E-state index contributed by atoms with van der Waals surface area (Å²) >= 11 is 0. The van der Waals surface area contributed by atoms with Crippen molar-refractivity contribution in [1.82, 2.24) is 6.15 Å². The van der Waals surface area contributed by atoms with Crippen LogP contribution in [0.5, 0.6) is 0 Å². The molecule has 10 heavy (non-hydrogen) atoms. The Hall–Kier alpha value is -0.530. The Labute approximate surface area is 68.5 Å². The lowest BCUT2D eigenvalue weighted by Gasteiger charge is -1.90. The second-order valence-electron chi connectivity index (χ2n) is 2.15. The Morgan fingerprint density at radius 2 is 1.00 bits per heavy atom. The van der Waals surface area contributed by atoms with Crippen molar-refractivity contribution in [1.29, 1.82) is 0 Å². The topological polar surface area (TPSA) is 35.0 Å². The molecule has 1 aromatic carbocycles. The van der Waals surface area contributed by atoms with Crippen LogP contribution in [0.4, 0.5) is 0 Å². The van der Waals surface area contributed by atoms with E-state index in [4.69, 9.17) is 0 Å². The molecule has 0 heterocycles. The first-order chi connectivity index (χ1) is 3.79. The van der Waals surface area contributed by atoms with Gasteiger partial charge in [-0.25, -0.2) is 0 Å². The van der Waals surface area contributed by atoms with E-state index in [1.165, 1.54) is 11.1 Å². The maximum absolute atomic E-state index is 2.12. The molecule has 0 fully saturated rings. The molecule has 2 heteroatoms. The number of halogens is 1. The summed E-state index contributed by atoms with van der Waals surface area (Å²) in [6, 6.07) is 8.48. The lowest BCUT2D eigenvalue weighted by Crippen LogP contribution is -1.70. The zero-order valence-electron chi connectivity index (χ0n) is 6.42. The largest absolute Gasteiger partial charge is 0.344 e. The average molecular weight is 160 g/mol. The van der Waals surface area contributed by atoms with E-state index in [1.807, 2.05) is 0 Å². The summed E-state index contributed by atoms with van der Waals surface area (Å²) in [5, 5.41) is 0. The molecule has 0 saturated carbocycles. The van der Waals surface area contributed by atoms with Crippen LogP contribution >= 0.6 is 12.4 Å². The highest BCUT2D eigenvalue weighted by atomic mass is 35.5. The standard InChI is InChI=1S/C8H10.ClH.H3N/c1-7-3-5-8(2)6-4-7;;/h3-6H,1-2H3;1H;1H3. The van der Waals surface area contributed by atoms with Crippen LogP contribution < -0.4 is 6.15 Å². The van der Waals surface area contributed by atoms with Gasteiger partial charge in [-0.3, -0.25) is 0 Å². The molecule has 1 aromatic rings. The molecule has 1 rings (SSSR count). The Kier molecular flexibility index (Phi) is 6.42. The molecule has 1 nitrogen and oxygen atoms in total. The molecule has 0 aliphatic rings. The van der Waals surface area contributed by atoms with E-state index >= 15 is 0 Å². The van der Waals surface area contributed by atoms with Crippen molar-refractivity contribution in [2.75, 3.05) is 0 Å². The summed E-state index contributed by atoms with van der Waals surface area (Å²) in [6.07, 6.45) is 0. The lowest BCUT2D eigenvalue weighted by molar-refractivity contribution is 1.40. The fourth-order valence-electron chi connectivity index (χ4n) is 0.637. The lowest BCUT2D eigenvalue weighted by atomic mass is 10.2. The minimum atomic E-state index is 0. The molecule has 0 spiro atoms. The van der Waals surface area contributed by atoms with Crippen LogP contribution in [0.15, 0.2) is 24.3 Å². The smallest absolute Gasteiger partial charge is 0.0398 e. The Morgan fingerprint density at radius 1 is 0.800 bits per heavy atom. The van der Waals surface area contributed by atoms with Crippen molar-refractivity contribution in [3.63, 3.8) is 0 Å². The maximum Gasteiger partial charge on any atom is -0.0398 e. The van der Waals surface area contributed by atoms with Gasteiger partial charge in [-0.05, 0) is 13.8 Å². The zero-order valence-corrected chi connectivity index (χ0v) is 7.24. The first-order valence-corrected chi connectivity index (χ1v) is 2.82.